The van der Waals surface area contributed by atoms with Gasteiger partial charge in [-0.1, -0.05) is 23.7 Å². The summed E-state index contributed by atoms with van der Waals surface area (Å²) < 4.78 is 5.38. The minimum absolute atomic E-state index is 0.0105. The lowest BCUT2D eigenvalue weighted by molar-refractivity contribution is -0.112. The molecule has 2 nitrogen and oxygen atoms in total. The van der Waals surface area contributed by atoms with Crippen LogP contribution in [0.1, 0.15) is 19.4 Å². The molecule has 1 aromatic carbocycles. The van der Waals surface area contributed by atoms with Crippen LogP contribution in [0.5, 0.6) is 0 Å². The van der Waals surface area contributed by atoms with Crippen molar-refractivity contribution in [1.29, 1.82) is 0 Å². The van der Waals surface area contributed by atoms with Gasteiger partial charge in [-0.15, -0.1) is 0 Å². The fourth-order valence-electron chi connectivity index (χ4n) is 1.11. The first-order valence-corrected chi connectivity index (χ1v) is 5.02. The zero-order chi connectivity index (χ0) is 11.3. The second kappa shape index (κ2) is 5.56. The third-order valence-corrected chi connectivity index (χ3v) is 2.04. The van der Waals surface area contributed by atoms with Gasteiger partial charge in [-0.25, -0.2) is 0 Å². The first kappa shape index (κ1) is 11.8. The maximum absolute atomic E-state index is 10.7. The van der Waals surface area contributed by atoms with Gasteiger partial charge in [0.2, 0.25) is 0 Å². The Morgan fingerprint density at radius 1 is 1.33 bits per heavy atom. The predicted molar refractivity (Wildman–Crippen MR) is 60.7 cm³/mol. The van der Waals surface area contributed by atoms with Gasteiger partial charge < -0.3 is 4.74 Å². The Kier molecular flexibility index (Phi) is 4.37. The monoisotopic (exact) mass is 224 g/mol. The van der Waals surface area contributed by atoms with Gasteiger partial charge in [0.25, 0.3) is 0 Å². The van der Waals surface area contributed by atoms with Crippen molar-refractivity contribution in [2.45, 2.75) is 20.5 Å². The van der Waals surface area contributed by atoms with Gasteiger partial charge in [-0.2, -0.15) is 0 Å². The molecule has 0 radical (unpaired) electrons. The van der Waals surface area contributed by atoms with E-state index in [2.05, 4.69) is 0 Å². The highest BCUT2D eigenvalue weighted by atomic mass is 35.5. The predicted octanol–water partition coefficient (Wildman–Crippen LogP) is 3.35. The van der Waals surface area contributed by atoms with E-state index in [4.69, 9.17) is 16.3 Å². The zero-order valence-corrected chi connectivity index (χ0v) is 9.54. The Hall–Kier alpha value is -1.28. The number of carbonyl (C=O) groups excluding carboxylic acids is 1. The van der Waals surface area contributed by atoms with Crippen molar-refractivity contribution in [1.82, 2.24) is 0 Å². The number of carbonyl (C=O) groups is 1. The highest BCUT2D eigenvalue weighted by molar-refractivity contribution is 6.30. The van der Waals surface area contributed by atoms with E-state index in [1.165, 1.54) is 13.0 Å². The highest BCUT2D eigenvalue weighted by Crippen LogP contribution is 2.11. The van der Waals surface area contributed by atoms with E-state index in [0.29, 0.717) is 17.4 Å². The molecule has 80 valence electrons. The molecular weight excluding hydrogens is 212 g/mol. The SMILES string of the molecule is CC(=O)C=C(C)OCc1ccc(Cl)cc1. The molecule has 0 heterocycles. The molecule has 0 aliphatic rings. The van der Waals surface area contributed by atoms with Crippen LogP contribution in [-0.4, -0.2) is 5.78 Å². The minimum Gasteiger partial charge on any atom is -0.493 e. The summed E-state index contributed by atoms with van der Waals surface area (Å²) in [7, 11) is 0. The minimum atomic E-state index is -0.0105. The number of ketones is 1. The molecule has 0 aromatic heterocycles. The largest absolute Gasteiger partial charge is 0.493 e. The topological polar surface area (TPSA) is 26.3 Å². The normalized spacial score (nSPS) is 11.3. The fourth-order valence-corrected chi connectivity index (χ4v) is 1.23. The lowest BCUT2D eigenvalue weighted by atomic mass is 10.2. The molecule has 0 bridgehead atoms. The van der Waals surface area contributed by atoms with Crippen LogP contribution in [0.25, 0.3) is 0 Å². The number of halogens is 1. The molecule has 0 fully saturated rings. The van der Waals surface area contributed by atoms with Gasteiger partial charge in [0.05, 0.1) is 5.76 Å². The quantitative estimate of drug-likeness (QED) is 0.579. The van der Waals surface area contributed by atoms with E-state index in [1.54, 1.807) is 6.92 Å². The lowest BCUT2D eigenvalue weighted by Crippen LogP contribution is -1.93. The maximum atomic E-state index is 10.7. The van der Waals surface area contributed by atoms with Gasteiger partial charge >= 0.3 is 0 Å². The van der Waals surface area contributed by atoms with Crippen LogP contribution in [-0.2, 0) is 16.1 Å². The number of ether oxygens (including phenoxy) is 1. The average molecular weight is 225 g/mol. The highest BCUT2D eigenvalue weighted by Gasteiger charge is 1.96. The molecule has 0 atom stereocenters. The third-order valence-electron chi connectivity index (χ3n) is 1.79. The number of allylic oxidation sites excluding steroid dienone is 2. The first-order valence-electron chi connectivity index (χ1n) is 4.64. The van der Waals surface area contributed by atoms with Crippen LogP contribution >= 0.6 is 11.6 Å². The summed E-state index contributed by atoms with van der Waals surface area (Å²) in [6, 6.07) is 7.40. The summed E-state index contributed by atoms with van der Waals surface area (Å²) in [6.07, 6.45) is 1.47. The average Bonchev–Trinajstić information content (AvgIpc) is 2.16. The van der Waals surface area contributed by atoms with Crippen LogP contribution in [0.15, 0.2) is 36.1 Å². The van der Waals surface area contributed by atoms with Crippen LogP contribution in [0, 0.1) is 0 Å². The van der Waals surface area contributed by atoms with Crippen molar-refractivity contribution < 1.29 is 9.53 Å². The molecule has 0 amide bonds. The van der Waals surface area contributed by atoms with Crippen LogP contribution in [0.2, 0.25) is 5.02 Å². The van der Waals surface area contributed by atoms with E-state index >= 15 is 0 Å². The van der Waals surface area contributed by atoms with Crippen molar-refractivity contribution in [3.8, 4) is 0 Å². The van der Waals surface area contributed by atoms with Gasteiger partial charge in [0, 0.05) is 11.1 Å². The van der Waals surface area contributed by atoms with Crippen LogP contribution in [0.4, 0.5) is 0 Å². The molecule has 1 aromatic rings. The van der Waals surface area contributed by atoms with Crippen molar-refractivity contribution in [3.05, 3.63) is 46.7 Å². The van der Waals surface area contributed by atoms with Gasteiger partial charge in [0.1, 0.15) is 6.61 Å². The molecule has 0 saturated carbocycles. The molecule has 0 aliphatic heterocycles. The summed E-state index contributed by atoms with van der Waals surface area (Å²) in [5.74, 6) is 0.612. The maximum Gasteiger partial charge on any atom is 0.155 e. The molecule has 1 rings (SSSR count). The van der Waals surface area contributed by atoms with Gasteiger partial charge in [0.15, 0.2) is 5.78 Å². The molecule has 3 heteroatoms. The second-order valence-corrected chi connectivity index (χ2v) is 3.72. The fraction of sp³-hybridized carbons (Fsp3) is 0.250. The van der Waals surface area contributed by atoms with E-state index in [1.807, 2.05) is 24.3 Å². The van der Waals surface area contributed by atoms with Gasteiger partial charge in [-0.05, 0) is 31.5 Å². The van der Waals surface area contributed by atoms with Crippen LogP contribution < -0.4 is 0 Å². The van der Waals surface area contributed by atoms with E-state index < -0.39 is 0 Å². The Morgan fingerprint density at radius 2 is 1.93 bits per heavy atom. The Labute approximate surface area is 94.5 Å². The molecule has 0 unspecified atom stereocenters. The van der Waals surface area contributed by atoms with E-state index in [0.717, 1.165) is 5.56 Å². The number of rotatable bonds is 4. The third kappa shape index (κ3) is 4.66. The van der Waals surface area contributed by atoms with Crippen molar-refractivity contribution >= 4 is 17.4 Å². The number of benzene rings is 1. The lowest BCUT2D eigenvalue weighted by Gasteiger charge is -2.05. The Bertz CT molecular complexity index is 366. The molecule has 0 saturated heterocycles. The summed E-state index contributed by atoms with van der Waals surface area (Å²) in [4.78, 5) is 10.7. The van der Waals surface area contributed by atoms with Crippen LogP contribution in [0.3, 0.4) is 0 Å². The summed E-state index contributed by atoms with van der Waals surface area (Å²) in [5.41, 5.74) is 1.02. The summed E-state index contributed by atoms with van der Waals surface area (Å²) in [6.45, 7) is 3.71. The standard InChI is InChI=1S/C12H13ClO2/c1-9(14)7-10(2)15-8-11-3-5-12(13)6-4-11/h3-7H,8H2,1-2H3. The molecule has 15 heavy (non-hydrogen) atoms. The van der Waals surface area contributed by atoms with Crippen molar-refractivity contribution in [2.24, 2.45) is 0 Å². The smallest absolute Gasteiger partial charge is 0.155 e. The summed E-state index contributed by atoms with van der Waals surface area (Å²) in [5, 5.41) is 0.703. The first-order chi connectivity index (χ1) is 7.08. The number of hydrogen-bond acceptors (Lipinski definition) is 2. The summed E-state index contributed by atoms with van der Waals surface area (Å²) >= 11 is 5.75. The zero-order valence-electron chi connectivity index (χ0n) is 8.79. The van der Waals surface area contributed by atoms with Crippen molar-refractivity contribution in [2.75, 3.05) is 0 Å². The molecule has 0 spiro atoms. The number of hydrogen-bond donors (Lipinski definition) is 0. The van der Waals surface area contributed by atoms with Crippen molar-refractivity contribution in [3.63, 3.8) is 0 Å². The van der Waals surface area contributed by atoms with E-state index in [-0.39, 0.29) is 5.78 Å². The van der Waals surface area contributed by atoms with Gasteiger partial charge in [-0.3, -0.25) is 4.79 Å². The molecular formula is C12H13ClO2. The molecule has 0 N–H and O–H groups in total. The second-order valence-electron chi connectivity index (χ2n) is 3.28. The van der Waals surface area contributed by atoms with E-state index in [9.17, 15) is 4.79 Å². The Balaban J connectivity index is 2.50. The Morgan fingerprint density at radius 3 is 2.47 bits per heavy atom. The molecule has 0 aliphatic carbocycles.